The van der Waals surface area contributed by atoms with Gasteiger partial charge in [-0.3, -0.25) is 30.6 Å². The Morgan fingerprint density at radius 2 is 1.72 bits per heavy atom. The predicted octanol–water partition coefficient (Wildman–Crippen LogP) is 2.58. The first-order chi connectivity index (χ1) is 14.7. The Kier molecular flexibility index (Phi) is 7.20. The van der Waals surface area contributed by atoms with Gasteiger partial charge in [-0.1, -0.05) is 12.1 Å². The van der Waals surface area contributed by atoms with Gasteiger partial charge in [0.2, 0.25) is 10.0 Å². The van der Waals surface area contributed by atoms with Gasteiger partial charge in [-0.25, -0.2) is 8.42 Å². The van der Waals surface area contributed by atoms with Gasteiger partial charge in [0.1, 0.15) is 5.69 Å². The summed E-state index contributed by atoms with van der Waals surface area (Å²) in [6.45, 7) is 0.603. The normalized spacial score (nSPS) is 11.8. The van der Waals surface area contributed by atoms with Crippen molar-refractivity contribution < 1.29 is 36.1 Å². The third kappa shape index (κ3) is 5.79. The van der Waals surface area contributed by atoms with Gasteiger partial charge in [-0.15, -0.1) is 0 Å². The van der Waals surface area contributed by atoms with Crippen LogP contribution in [0.5, 0.6) is 0 Å². The van der Waals surface area contributed by atoms with Gasteiger partial charge in [-0.2, -0.15) is 17.5 Å². The lowest BCUT2D eigenvalue weighted by molar-refractivity contribution is -0.384. The van der Waals surface area contributed by atoms with Crippen LogP contribution in [0.2, 0.25) is 0 Å². The van der Waals surface area contributed by atoms with Crippen LogP contribution >= 0.6 is 0 Å². The van der Waals surface area contributed by atoms with Crippen LogP contribution in [-0.4, -0.2) is 42.9 Å². The second-order valence-corrected chi connectivity index (χ2v) is 8.55. The van der Waals surface area contributed by atoms with Gasteiger partial charge in [0.05, 0.1) is 21.9 Å². The molecule has 0 aliphatic rings. The van der Waals surface area contributed by atoms with Gasteiger partial charge in [-0.05, 0) is 31.2 Å². The van der Waals surface area contributed by atoms with Crippen molar-refractivity contribution in [2.24, 2.45) is 0 Å². The minimum absolute atomic E-state index is 0.177. The lowest BCUT2D eigenvalue weighted by Gasteiger charge is -2.17. The number of Topliss-reactive ketones (excluding diaryl/α,β-unsaturated/α-hetero) is 1. The Morgan fingerprint density at radius 3 is 2.22 bits per heavy atom. The fourth-order valence-corrected chi connectivity index (χ4v) is 3.60. The molecule has 2 N–H and O–H groups in total. The highest BCUT2D eigenvalue weighted by Gasteiger charge is 2.33. The number of ketones is 1. The van der Waals surface area contributed by atoms with E-state index in [0.717, 1.165) is 13.1 Å². The molecule has 0 saturated carbocycles. The Morgan fingerprint density at radius 1 is 1.12 bits per heavy atom. The van der Waals surface area contributed by atoms with Crippen LogP contribution in [0.3, 0.4) is 0 Å². The van der Waals surface area contributed by atoms with Crippen LogP contribution in [0.25, 0.3) is 0 Å². The second kappa shape index (κ2) is 9.32. The van der Waals surface area contributed by atoms with E-state index in [1.807, 2.05) is 5.43 Å². The molecule has 0 radical (unpaired) electrons. The smallest absolute Gasteiger partial charge is 0.295 e. The fraction of sp³-hybridized carbons (Fsp3) is 0.222. The molecule has 14 heteroatoms. The first kappa shape index (κ1) is 24.7. The molecule has 0 unspecified atom stereocenters. The Balaban J connectivity index is 2.09. The number of nitro groups is 1. The topological polar surface area (TPSA) is 139 Å². The quantitative estimate of drug-likeness (QED) is 0.341. The zero-order valence-electron chi connectivity index (χ0n) is 16.6. The van der Waals surface area contributed by atoms with Gasteiger partial charge in [0, 0.05) is 18.7 Å². The number of hydrogen-bond acceptors (Lipinski definition) is 7. The molecule has 0 bridgehead atoms. The van der Waals surface area contributed by atoms with Crippen LogP contribution < -0.4 is 10.9 Å². The molecule has 0 atom stereocenters. The van der Waals surface area contributed by atoms with E-state index < -0.39 is 50.5 Å². The zero-order valence-corrected chi connectivity index (χ0v) is 17.5. The molecule has 0 spiro atoms. The molecule has 172 valence electrons. The summed E-state index contributed by atoms with van der Waals surface area (Å²) in [6, 6.07) is 6.67. The van der Waals surface area contributed by atoms with E-state index in [9.17, 15) is 41.3 Å². The number of hydrazine groups is 1. The average Bonchev–Trinajstić information content (AvgIpc) is 2.71. The van der Waals surface area contributed by atoms with E-state index in [1.54, 1.807) is 0 Å². The molecule has 2 aromatic rings. The van der Waals surface area contributed by atoms with Crippen LogP contribution in [0, 0.1) is 10.1 Å². The molecule has 2 aromatic carbocycles. The second-order valence-electron chi connectivity index (χ2n) is 6.50. The Labute approximate surface area is 180 Å². The molecule has 32 heavy (non-hydrogen) atoms. The molecule has 2 rings (SSSR count). The van der Waals surface area contributed by atoms with Crippen molar-refractivity contribution in [3.05, 3.63) is 63.7 Å². The maximum Gasteiger partial charge on any atom is 0.416 e. The third-order valence-corrected chi connectivity index (χ3v) is 6.01. The Bertz CT molecular complexity index is 1150. The maximum absolute atomic E-state index is 12.7. The predicted molar refractivity (Wildman–Crippen MR) is 106 cm³/mol. The standard InChI is InChI=1S/C18H17F3N4O6S/c1-11(26)12-3-6-14(7-4-12)32(30,31)24(2)10-17(27)23-22-15-8-5-13(18(19,20)21)9-16(15)25(28)29/h3-9,22H,10H2,1-2H3,(H,23,27). The summed E-state index contributed by atoms with van der Waals surface area (Å²) < 4.78 is 64.0. The number of nitrogens with zero attached hydrogens (tertiary/aromatic N) is 2. The number of anilines is 1. The molecule has 0 heterocycles. The van der Waals surface area contributed by atoms with Crippen molar-refractivity contribution in [1.29, 1.82) is 0 Å². The number of halogens is 3. The molecule has 10 nitrogen and oxygen atoms in total. The number of benzene rings is 2. The number of nitrogens with one attached hydrogen (secondary N) is 2. The highest BCUT2D eigenvalue weighted by molar-refractivity contribution is 7.89. The van der Waals surface area contributed by atoms with Crippen molar-refractivity contribution in [3.8, 4) is 0 Å². The first-order valence-corrected chi connectivity index (χ1v) is 10.2. The van der Waals surface area contributed by atoms with E-state index in [2.05, 4.69) is 5.43 Å². The minimum Gasteiger partial charge on any atom is -0.295 e. The highest BCUT2D eigenvalue weighted by Crippen LogP contribution is 2.34. The van der Waals surface area contributed by atoms with Crippen LogP contribution in [0.1, 0.15) is 22.8 Å². The monoisotopic (exact) mass is 474 g/mol. The van der Waals surface area contributed by atoms with E-state index in [4.69, 9.17) is 0 Å². The summed E-state index contributed by atoms with van der Waals surface area (Å²) in [4.78, 5) is 33.2. The lowest BCUT2D eigenvalue weighted by atomic mass is 10.1. The minimum atomic E-state index is -4.80. The molecular weight excluding hydrogens is 457 g/mol. The highest BCUT2D eigenvalue weighted by atomic mass is 32.2. The summed E-state index contributed by atoms with van der Waals surface area (Å²) in [5.41, 5.74) is 1.81. The number of nitro benzene ring substituents is 1. The number of alkyl halides is 3. The Hall–Kier alpha value is -3.52. The fourth-order valence-electron chi connectivity index (χ4n) is 2.47. The average molecular weight is 474 g/mol. The van der Waals surface area contributed by atoms with Crippen molar-refractivity contribution >= 4 is 33.1 Å². The van der Waals surface area contributed by atoms with Gasteiger partial charge >= 0.3 is 6.18 Å². The van der Waals surface area contributed by atoms with Gasteiger partial charge < -0.3 is 0 Å². The molecule has 0 aromatic heterocycles. The molecular formula is C18H17F3N4O6S. The summed E-state index contributed by atoms with van der Waals surface area (Å²) >= 11 is 0. The summed E-state index contributed by atoms with van der Waals surface area (Å²) in [5.74, 6) is -1.20. The number of carbonyl (C=O) groups excluding carboxylic acids is 2. The summed E-state index contributed by atoms with van der Waals surface area (Å²) in [7, 11) is -3.00. The summed E-state index contributed by atoms with van der Waals surface area (Å²) in [6.07, 6.45) is -4.80. The largest absolute Gasteiger partial charge is 0.416 e. The molecule has 0 fully saturated rings. The number of rotatable bonds is 8. The number of sulfonamides is 1. The van der Waals surface area contributed by atoms with E-state index >= 15 is 0 Å². The van der Waals surface area contributed by atoms with Crippen LogP contribution in [0.15, 0.2) is 47.4 Å². The van der Waals surface area contributed by atoms with Crippen molar-refractivity contribution in [2.75, 3.05) is 19.0 Å². The first-order valence-electron chi connectivity index (χ1n) is 8.71. The van der Waals surface area contributed by atoms with E-state index in [1.165, 1.54) is 31.2 Å². The van der Waals surface area contributed by atoms with Crippen molar-refractivity contribution in [2.45, 2.75) is 18.0 Å². The lowest BCUT2D eigenvalue weighted by Crippen LogP contribution is -2.40. The van der Waals surface area contributed by atoms with E-state index in [0.29, 0.717) is 22.0 Å². The number of likely N-dealkylation sites (N-methyl/N-ethyl adjacent to an activating group) is 1. The van der Waals surface area contributed by atoms with E-state index in [-0.39, 0.29) is 10.7 Å². The molecule has 0 saturated heterocycles. The third-order valence-electron chi connectivity index (χ3n) is 4.19. The van der Waals surface area contributed by atoms with Gasteiger partial charge in [0.15, 0.2) is 5.78 Å². The van der Waals surface area contributed by atoms with Gasteiger partial charge in [0.25, 0.3) is 11.6 Å². The van der Waals surface area contributed by atoms with Crippen molar-refractivity contribution in [1.82, 2.24) is 9.73 Å². The van der Waals surface area contributed by atoms with Crippen LogP contribution in [-0.2, 0) is 21.0 Å². The summed E-state index contributed by atoms with van der Waals surface area (Å²) in [5, 5.41) is 11.1. The number of amides is 1. The van der Waals surface area contributed by atoms with Crippen LogP contribution in [0.4, 0.5) is 24.5 Å². The molecule has 0 aliphatic heterocycles. The number of carbonyl (C=O) groups is 2. The molecule has 0 aliphatic carbocycles. The maximum atomic E-state index is 12.7. The molecule has 1 amide bonds. The zero-order chi connectivity index (χ0) is 24.3. The SMILES string of the molecule is CC(=O)c1ccc(S(=O)(=O)N(C)CC(=O)NNc2ccc(C(F)(F)F)cc2[N+](=O)[O-])cc1. The van der Waals surface area contributed by atoms with Crippen molar-refractivity contribution in [3.63, 3.8) is 0 Å². The number of hydrogen-bond donors (Lipinski definition) is 2.